The first-order valence-corrected chi connectivity index (χ1v) is 12.3. The molecule has 1 heterocycles. The van der Waals surface area contributed by atoms with Crippen molar-refractivity contribution in [3.8, 4) is 5.75 Å². The number of anilines is 3. The quantitative estimate of drug-likeness (QED) is 0.208. The number of likely N-dealkylation sites (tertiary alicyclic amines) is 1. The van der Waals surface area contributed by atoms with E-state index in [1.54, 1.807) is 7.11 Å². The number of ether oxygens (including phenoxy) is 1. The molecule has 0 radical (unpaired) electrons. The van der Waals surface area contributed by atoms with Gasteiger partial charge in [-0.25, -0.2) is 0 Å². The van der Waals surface area contributed by atoms with E-state index in [4.69, 9.17) is 4.74 Å². The summed E-state index contributed by atoms with van der Waals surface area (Å²) in [5.41, 5.74) is 5.55. The lowest BCUT2D eigenvalue weighted by Gasteiger charge is -2.25. The number of imide groups is 1. The Kier molecular flexibility index (Phi) is 7.13. The summed E-state index contributed by atoms with van der Waals surface area (Å²) >= 11 is 0. The summed E-state index contributed by atoms with van der Waals surface area (Å²) in [4.78, 5) is 29.2. The van der Waals surface area contributed by atoms with Gasteiger partial charge in [0.25, 0.3) is 5.91 Å². The third-order valence-corrected chi connectivity index (χ3v) is 6.44. The van der Waals surface area contributed by atoms with Gasteiger partial charge in [0.05, 0.1) is 13.5 Å². The van der Waals surface area contributed by atoms with Crippen LogP contribution in [0, 0.1) is 0 Å². The highest BCUT2D eigenvalue weighted by molar-refractivity contribution is 6.15. The minimum atomic E-state index is -0.216. The highest BCUT2D eigenvalue weighted by Gasteiger charge is 2.33. The van der Waals surface area contributed by atoms with Crippen LogP contribution >= 0.6 is 0 Å². The van der Waals surface area contributed by atoms with E-state index in [0.717, 1.165) is 33.9 Å². The fourth-order valence-electron chi connectivity index (χ4n) is 4.55. The minimum absolute atomic E-state index is 0.124. The fraction of sp³-hybridized carbons (Fsp3) is 0.125. The lowest BCUT2D eigenvalue weighted by molar-refractivity contribution is -0.137. The van der Waals surface area contributed by atoms with Crippen LogP contribution in [-0.4, -0.2) is 30.4 Å². The predicted molar refractivity (Wildman–Crippen MR) is 147 cm³/mol. The molecule has 5 rings (SSSR count). The van der Waals surface area contributed by atoms with E-state index in [-0.39, 0.29) is 18.2 Å². The van der Waals surface area contributed by atoms with Crippen molar-refractivity contribution in [1.29, 1.82) is 0 Å². The maximum absolute atomic E-state index is 13.0. The topological polar surface area (TPSA) is 49.9 Å². The molecular formula is C32H28N2O3. The second-order valence-electron chi connectivity index (χ2n) is 8.90. The summed E-state index contributed by atoms with van der Waals surface area (Å²) in [7, 11) is 1.62. The first-order chi connectivity index (χ1) is 18.1. The summed E-state index contributed by atoms with van der Waals surface area (Å²) in [5.74, 6) is 0.390. The molecule has 0 atom stereocenters. The van der Waals surface area contributed by atoms with Gasteiger partial charge < -0.3 is 9.64 Å². The Morgan fingerprint density at radius 1 is 0.784 bits per heavy atom. The van der Waals surface area contributed by atoms with E-state index in [1.807, 2.05) is 91.0 Å². The Morgan fingerprint density at radius 2 is 1.41 bits per heavy atom. The van der Waals surface area contributed by atoms with Crippen molar-refractivity contribution >= 4 is 35.0 Å². The van der Waals surface area contributed by atoms with Crippen molar-refractivity contribution < 1.29 is 14.3 Å². The SMILES string of the molecule is COc1cccc(CCN2C(=O)C/C(=C/c3ccc(N(c4ccccc4)c4ccccc4)cc3)C2=O)c1. The molecule has 0 saturated carbocycles. The number of benzene rings is 4. The summed E-state index contributed by atoms with van der Waals surface area (Å²) in [6.07, 6.45) is 2.54. The van der Waals surface area contributed by atoms with E-state index in [2.05, 4.69) is 29.2 Å². The monoisotopic (exact) mass is 488 g/mol. The predicted octanol–water partition coefficient (Wildman–Crippen LogP) is 6.55. The number of methoxy groups -OCH3 is 1. The molecule has 5 heteroatoms. The van der Waals surface area contributed by atoms with Crippen molar-refractivity contribution in [3.05, 3.63) is 126 Å². The molecule has 2 amide bonds. The molecule has 5 nitrogen and oxygen atoms in total. The highest BCUT2D eigenvalue weighted by atomic mass is 16.5. The van der Waals surface area contributed by atoms with Crippen LogP contribution < -0.4 is 9.64 Å². The number of amides is 2. The van der Waals surface area contributed by atoms with Gasteiger partial charge in [0.15, 0.2) is 0 Å². The molecule has 1 saturated heterocycles. The number of hydrogen-bond acceptors (Lipinski definition) is 4. The fourth-order valence-corrected chi connectivity index (χ4v) is 4.55. The summed E-state index contributed by atoms with van der Waals surface area (Å²) < 4.78 is 5.27. The number of para-hydroxylation sites is 2. The number of hydrogen-bond donors (Lipinski definition) is 0. The van der Waals surface area contributed by atoms with Crippen LogP contribution in [0.5, 0.6) is 5.75 Å². The van der Waals surface area contributed by atoms with Gasteiger partial charge in [-0.1, -0.05) is 60.7 Å². The van der Waals surface area contributed by atoms with Crippen LogP contribution in [0.4, 0.5) is 17.1 Å². The third-order valence-electron chi connectivity index (χ3n) is 6.44. The van der Waals surface area contributed by atoms with Gasteiger partial charge in [-0.2, -0.15) is 0 Å². The van der Waals surface area contributed by atoms with E-state index in [1.165, 1.54) is 4.90 Å². The molecule has 0 unspecified atom stereocenters. The van der Waals surface area contributed by atoms with Crippen molar-refractivity contribution in [2.24, 2.45) is 0 Å². The first kappa shape index (κ1) is 24.1. The average molecular weight is 489 g/mol. The van der Waals surface area contributed by atoms with Gasteiger partial charge in [-0.15, -0.1) is 0 Å². The Hall–Kier alpha value is -4.64. The van der Waals surface area contributed by atoms with Crippen LogP contribution in [0.1, 0.15) is 17.5 Å². The molecule has 1 fully saturated rings. The lowest BCUT2D eigenvalue weighted by atomic mass is 10.1. The van der Waals surface area contributed by atoms with E-state index < -0.39 is 0 Å². The van der Waals surface area contributed by atoms with E-state index in [9.17, 15) is 9.59 Å². The minimum Gasteiger partial charge on any atom is -0.497 e. The van der Waals surface area contributed by atoms with E-state index >= 15 is 0 Å². The van der Waals surface area contributed by atoms with Gasteiger partial charge in [0.2, 0.25) is 5.91 Å². The maximum atomic E-state index is 13.0. The number of carbonyl (C=O) groups excluding carboxylic acids is 2. The molecule has 0 spiro atoms. The van der Waals surface area contributed by atoms with Gasteiger partial charge in [-0.05, 0) is 72.2 Å². The van der Waals surface area contributed by atoms with E-state index in [0.29, 0.717) is 18.5 Å². The average Bonchev–Trinajstić information content (AvgIpc) is 3.21. The van der Waals surface area contributed by atoms with Gasteiger partial charge in [0.1, 0.15) is 5.75 Å². The molecule has 37 heavy (non-hydrogen) atoms. The molecule has 1 aliphatic rings. The zero-order valence-electron chi connectivity index (χ0n) is 20.7. The Morgan fingerprint density at radius 3 is 2.03 bits per heavy atom. The Balaban J connectivity index is 1.33. The summed E-state index contributed by atoms with van der Waals surface area (Å²) in [5, 5.41) is 0. The van der Waals surface area contributed by atoms with Crippen LogP contribution in [0.15, 0.2) is 115 Å². The zero-order chi connectivity index (χ0) is 25.6. The number of rotatable bonds is 8. The number of nitrogens with zero attached hydrogens (tertiary/aromatic N) is 2. The normalized spacial score (nSPS) is 14.3. The molecule has 0 aliphatic carbocycles. The zero-order valence-corrected chi connectivity index (χ0v) is 20.7. The second-order valence-corrected chi connectivity index (χ2v) is 8.90. The van der Waals surface area contributed by atoms with Crippen LogP contribution in [0.25, 0.3) is 6.08 Å². The molecule has 0 aromatic heterocycles. The molecule has 184 valence electrons. The lowest BCUT2D eigenvalue weighted by Crippen LogP contribution is -2.31. The smallest absolute Gasteiger partial charge is 0.256 e. The van der Waals surface area contributed by atoms with Gasteiger partial charge in [0, 0.05) is 29.2 Å². The number of carbonyl (C=O) groups is 2. The highest BCUT2D eigenvalue weighted by Crippen LogP contribution is 2.34. The molecule has 1 aliphatic heterocycles. The molecule has 4 aromatic rings. The summed E-state index contributed by atoms with van der Waals surface area (Å²) in [6.45, 7) is 0.351. The molecule has 4 aromatic carbocycles. The Bertz CT molecular complexity index is 1370. The van der Waals surface area contributed by atoms with Gasteiger partial charge in [-0.3, -0.25) is 14.5 Å². The van der Waals surface area contributed by atoms with Crippen molar-refractivity contribution in [2.75, 3.05) is 18.6 Å². The molecular weight excluding hydrogens is 460 g/mol. The van der Waals surface area contributed by atoms with Crippen LogP contribution in [-0.2, 0) is 16.0 Å². The van der Waals surface area contributed by atoms with Crippen LogP contribution in [0.2, 0.25) is 0 Å². The van der Waals surface area contributed by atoms with Crippen LogP contribution in [0.3, 0.4) is 0 Å². The summed E-state index contributed by atoms with van der Waals surface area (Å²) in [6, 6.07) is 36.1. The first-order valence-electron chi connectivity index (χ1n) is 12.3. The standard InChI is InChI=1S/C32H28N2O3/c1-37-30-14-8-9-24(22-30)19-20-33-31(35)23-26(32(33)36)21-25-15-17-29(18-16-25)34(27-10-4-2-5-11-27)28-12-6-3-7-13-28/h2-18,21-22H,19-20,23H2,1H3/b26-21-. The Labute approximate surface area is 217 Å². The third kappa shape index (κ3) is 5.46. The maximum Gasteiger partial charge on any atom is 0.256 e. The van der Waals surface area contributed by atoms with Crippen molar-refractivity contribution in [1.82, 2.24) is 4.90 Å². The molecule has 0 N–H and O–H groups in total. The largest absolute Gasteiger partial charge is 0.497 e. The van der Waals surface area contributed by atoms with Crippen molar-refractivity contribution in [3.63, 3.8) is 0 Å². The van der Waals surface area contributed by atoms with Crippen molar-refractivity contribution in [2.45, 2.75) is 12.8 Å². The molecule has 0 bridgehead atoms. The van der Waals surface area contributed by atoms with Gasteiger partial charge >= 0.3 is 0 Å². The second kappa shape index (κ2) is 11.0.